The van der Waals surface area contributed by atoms with E-state index in [1.165, 1.54) is 11.3 Å². The maximum atomic E-state index is 4.52. The molecule has 0 fully saturated rings. The highest BCUT2D eigenvalue weighted by molar-refractivity contribution is 9.10. The first-order valence-corrected chi connectivity index (χ1v) is 6.15. The second-order valence-electron chi connectivity index (χ2n) is 3.89. The van der Waals surface area contributed by atoms with Gasteiger partial charge in [-0.25, -0.2) is 4.98 Å². The van der Waals surface area contributed by atoms with Gasteiger partial charge >= 0.3 is 0 Å². The number of benzene rings is 1. The molecule has 16 heavy (non-hydrogen) atoms. The lowest BCUT2D eigenvalue weighted by molar-refractivity contribution is 0.517. The number of hydrogen-bond acceptors (Lipinski definition) is 2. The molecule has 1 N–H and O–H groups in total. The maximum absolute atomic E-state index is 4.52. The van der Waals surface area contributed by atoms with Gasteiger partial charge < -0.3 is 9.88 Å². The van der Waals surface area contributed by atoms with Gasteiger partial charge in [-0.05, 0) is 6.07 Å². The summed E-state index contributed by atoms with van der Waals surface area (Å²) in [6, 6.07) is 8.22. The average molecular weight is 278 g/mol. The first kappa shape index (κ1) is 10.1. The van der Waals surface area contributed by atoms with E-state index in [9.17, 15) is 0 Å². The second-order valence-corrected chi connectivity index (χ2v) is 4.74. The van der Waals surface area contributed by atoms with Gasteiger partial charge in [-0.2, -0.15) is 0 Å². The number of fused-ring (bicyclic) bond motifs is 1. The highest BCUT2D eigenvalue weighted by atomic mass is 79.9. The third kappa shape index (κ3) is 1.58. The molecule has 0 bridgehead atoms. The summed E-state index contributed by atoms with van der Waals surface area (Å²) in [5, 5.41) is 3.38. The summed E-state index contributed by atoms with van der Waals surface area (Å²) in [4.78, 5) is 4.52. The minimum atomic E-state index is 0.899. The van der Waals surface area contributed by atoms with E-state index in [0.717, 1.165) is 29.8 Å². The van der Waals surface area contributed by atoms with Crippen LogP contribution in [0.2, 0.25) is 0 Å². The fraction of sp³-hybridized carbons (Fsp3) is 0.250. The molecular formula is C12H12BrN3. The van der Waals surface area contributed by atoms with Crippen molar-refractivity contribution in [3.05, 3.63) is 40.8 Å². The van der Waals surface area contributed by atoms with E-state index in [0.29, 0.717) is 0 Å². The summed E-state index contributed by atoms with van der Waals surface area (Å²) >= 11 is 3.58. The number of imidazole rings is 1. The van der Waals surface area contributed by atoms with Gasteiger partial charge in [0.15, 0.2) is 0 Å². The molecule has 0 atom stereocenters. The summed E-state index contributed by atoms with van der Waals surface area (Å²) in [6.07, 6.45) is 1.94. The molecule has 0 saturated carbocycles. The van der Waals surface area contributed by atoms with Crippen molar-refractivity contribution in [3.8, 4) is 11.3 Å². The van der Waals surface area contributed by atoms with Gasteiger partial charge in [0.25, 0.3) is 0 Å². The lowest BCUT2D eigenvalue weighted by atomic mass is 10.1. The zero-order valence-corrected chi connectivity index (χ0v) is 10.4. The van der Waals surface area contributed by atoms with Crippen LogP contribution in [0.15, 0.2) is 35.1 Å². The van der Waals surface area contributed by atoms with Crippen LogP contribution in [0.4, 0.5) is 0 Å². The van der Waals surface area contributed by atoms with Gasteiger partial charge in [0.1, 0.15) is 0 Å². The van der Waals surface area contributed by atoms with Crippen molar-refractivity contribution in [2.24, 2.45) is 0 Å². The zero-order valence-electron chi connectivity index (χ0n) is 8.78. The van der Waals surface area contributed by atoms with Crippen molar-refractivity contribution in [2.75, 3.05) is 6.54 Å². The van der Waals surface area contributed by atoms with Gasteiger partial charge in [-0.15, -0.1) is 0 Å². The predicted octanol–water partition coefficient (Wildman–Crippen LogP) is 2.42. The molecule has 0 aliphatic carbocycles. The van der Waals surface area contributed by atoms with Crippen LogP contribution < -0.4 is 5.32 Å². The van der Waals surface area contributed by atoms with Crippen molar-refractivity contribution < 1.29 is 0 Å². The maximum Gasteiger partial charge on any atom is 0.0956 e. The van der Waals surface area contributed by atoms with Crippen LogP contribution in [0.1, 0.15) is 5.69 Å². The normalized spacial score (nSPS) is 14.8. The highest BCUT2D eigenvalue weighted by Gasteiger charge is 2.16. The topological polar surface area (TPSA) is 29.9 Å². The van der Waals surface area contributed by atoms with Crippen LogP contribution in [0, 0.1) is 0 Å². The molecular weight excluding hydrogens is 266 g/mol. The van der Waals surface area contributed by atoms with Gasteiger partial charge in [-0.3, -0.25) is 0 Å². The van der Waals surface area contributed by atoms with Crippen molar-refractivity contribution in [1.82, 2.24) is 14.9 Å². The van der Waals surface area contributed by atoms with Crippen molar-refractivity contribution in [3.63, 3.8) is 0 Å². The molecule has 0 radical (unpaired) electrons. The van der Waals surface area contributed by atoms with Crippen molar-refractivity contribution in [2.45, 2.75) is 13.1 Å². The van der Waals surface area contributed by atoms with Crippen LogP contribution in [0.3, 0.4) is 0 Å². The summed E-state index contributed by atoms with van der Waals surface area (Å²) in [5.74, 6) is 0. The summed E-state index contributed by atoms with van der Waals surface area (Å²) < 4.78 is 3.33. The number of hydrogen-bond donors (Lipinski definition) is 1. The summed E-state index contributed by atoms with van der Waals surface area (Å²) in [5.41, 5.74) is 3.53. The Morgan fingerprint density at radius 3 is 3.06 bits per heavy atom. The van der Waals surface area contributed by atoms with E-state index >= 15 is 0 Å². The van der Waals surface area contributed by atoms with Gasteiger partial charge in [0.05, 0.1) is 17.7 Å². The van der Waals surface area contributed by atoms with E-state index in [-0.39, 0.29) is 0 Å². The Hall–Kier alpha value is -1.13. The van der Waals surface area contributed by atoms with Crippen LogP contribution in [-0.2, 0) is 13.1 Å². The van der Waals surface area contributed by atoms with Crippen molar-refractivity contribution in [1.29, 1.82) is 0 Å². The standard InChI is InChI=1S/C12H12BrN3/c13-10-4-2-1-3-9(10)12-11-7-14-5-6-16(11)8-15-12/h1-4,8,14H,5-7H2. The molecule has 82 valence electrons. The van der Waals surface area contributed by atoms with E-state index in [1.807, 2.05) is 18.5 Å². The Kier molecular flexibility index (Phi) is 2.53. The SMILES string of the molecule is Brc1ccccc1-c1ncn2c1CNCC2. The minimum Gasteiger partial charge on any atom is -0.332 e. The molecule has 3 nitrogen and oxygen atoms in total. The fourth-order valence-electron chi connectivity index (χ4n) is 2.07. The largest absolute Gasteiger partial charge is 0.332 e. The van der Waals surface area contributed by atoms with Crippen LogP contribution in [0.25, 0.3) is 11.3 Å². The Bertz CT molecular complexity index is 519. The van der Waals surface area contributed by atoms with E-state index in [2.05, 4.69) is 42.9 Å². The number of aromatic nitrogens is 2. The second kappa shape index (κ2) is 4.03. The molecule has 0 spiro atoms. The monoisotopic (exact) mass is 277 g/mol. The number of rotatable bonds is 1. The molecule has 1 aliphatic heterocycles. The summed E-state index contributed by atoms with van der Waals surface area (Å²) in [6.45, 7) is 2.93. The van der Waals surface area contributed by atoms with E-state index in [4.69, 9.17) is 0 Å². The number of halogens is 1. The van der Waals surface area contributed by atoms with E-state index in [1.54, 1.807) is 0 Å². The highest BCUT2D eigenvalue weighted by Crippen LogP contribution is 2.29. The molecule has 0 amide bonds. The van der Waals surface area contributed by atoms with Crippen LogP contribution >= 0.6 is 15.9 Å². The number of nitrogens with zero attached hydrogens (tertiary/aromatic N) is 2. The first-order valence-electron chi connectivity index (χ1n) is 5.36. The number of nitrogens with one attached hydrogen (secondary N) is 1. The van der Waals surface area contributed by atoms with Gasteiger partial charge in [0, 0.05) is 29.7 Å². The Balaban J connectivity index is 2.13. The Labute approximate surface area is 103 Å². The average Bonchev–Trinajstić information content (AvgIpc) is 2.74. The molecule has 4 heteroatoms. The van der Waals surface area contributed by atoms with Crippen LogP contribution in [0.5, 0.6) is 0 Å². The lowest BCUT2D eigenvalue weighted by Gasteiger charge is -2.16. The molecule has 1 aliphatic rings. The molecule has 0 unspecified atom stereocenters. The molecule has 0 saturated heterocycles. The van der Waals surface area contributed by atoms with Gasteiger partial charge in [-0.1, -0.05) is 34.1 Å². The third-order valence-corrected chi connectivity index (χ3v) is 3.59. The molecule has 2 heterocycles. The molecule has 3 rings (SSSR count). The smallest absolute Gasteiger partial charge is 0.0956 e. The van der Waals surface area contributed by atoms with E-state index < -0.39 is 0 Å². The zero-order chi connectivity index (χ0) is 11.0. The lowest BCUT2D eigenvalue weighted by Crippen LogP contribution is -2.27. The quantitative estimate of drug-likeness (QED) is 0.868. The Morgan fingerprint density at radius 1 is 1.31 bits per heavy atom. The predicted molar refractivity (Wildman–Crippen MR) is 67.1 cm³/mol. The minimum absolute atomic E-state index is 0.899. The summed E-state index contributed by atoms with van der Waals surface area (Å²) in [7, 11) is 0. The van der Waals surface area contributed by atoms with Crippen LogP contribution in [-0.4, -0.2) is 16.1 Å². The first-order chi connectivity index (χ1) is 7.86. The van der Waals surface area contributed by atoms with Crippen molar-refractivity contribution >= 4 is 15.9 Å². The Morgan fingerprint density at radius 2 is 2.19 bits per heavy atom. The molecule has 2 aromatic rings. The molecule has 1 aromatic carbocycles. The molecule has 1 aromatic heterocycles. The fourth-order valence-corrected chi connectivity index (χ4v) is 2.54. The van der Waals surface area contributed by atoms with Gasteiger partial charge in [0.2, 0.25) is 0 Å². The third-order valence-electron chi connectivity index (χ3n) is 2.90.